The van der Waals surface area contributed by atoms with Crippen LogP contribution in [0.1, 0.15) is 11.1 Å². The Morgan fingerprint density at radius 1 is 1.07 bits per heavy atom. The van der Waals surface area contributed by atoms with Gasteiger partial charge in [-0.25, -0.2) is 9.78 Å². The molecule has 0 spiro atoms. The predicted octanol–water partition coefficient (Wildman–Crippen LogP) is 2.07. The van der Waals surface area contributed by atoms with Gasteiger partial charge in [-0.15, -0.1) is 0 Å². The summed E-state index contributed by atoms with van der Waals surface area (Å²) in [4.78, 5) is 32.1. The minimum Gasteiger partial charge on any atom is -0.352 e. The first-order valence-electron chi connectivity index (χ1n) is 6.94. The van der Waals surface area contributed by atoms with Crippen molar-refractivity contribution in [2.75, 3.05) is 0 Å². The molecule has 2 amide bonds. The summed E-state index contributed by atoms with van der Waals surface area (Å²) in [6.07, 6.45) is 2.68. The highest BCUT2D eigenvalue weighted by Crippen LogP contribution is 2.24. The van der Waals surface area contributed by atoms with Crippen molar-refractivity contribution in [1.29, 1.82) is 0 Å². The number of rotatable bonds is 2. The SMILES string of the molecule is Cc1cc[n+](O)c(Cl)c1[N+](=O)[O-].Cc1ccnc(Cl)c1[N+](=O)[O-].NC(N)=O.OO. The molecule has 0 aromatic carbocycles. The van der Waals surface area contributed by atoms with Gasteiger partial charge in [0.15, 0.2) is 0 Å². The molecule has 0 saturated heterocycles. The highest BCUT2D eigenvalue weighted by atomic mass is 35.5. The summed E-state index contributed by atoms with van der Waals surface area (Å²) in [5.41, 5.74) is 9.04. The van der Waals surface area contributed by atoms with E-state index in [0.29, 0.717) is 15.9 Å². The van der Waals surface area contributed by atoms with E-state index in [1.165, 1.54) is 18.5 Å². The Kier molecular flexibility index (Phi) is 13.3. The standard InChI is InChI=1S/C6H6ClN2O3.C6H5ClN2O2.CH4N2O.H2O2/c1-4-2-3-8(10)6(7)5(4)9(11)12;1-4-2-3-8-6(7)5(4)9(10)11;2-1(3)4;1-2/h2-3,10H,1H3;2-3H,1H3;(H4,2,3,4);1-2H/q+1;;;. The number of nitrogens with two attached hydrogens (primary N) is 2. The number of halogens is 2. The quantitative estimate of drug-likeness (QED) is 0.111. The van der Waals surface area contributed by atoms with Gasteiger partial charge >= 0.3 is 22.6 Å². The van der Waals surface area contributed by atoms with Crippen molar-refractivity contribution in [3.8, 4) is 0 Å². The first-order valence-corrected chi connectivity index (χ1v) is 7.70. The molecule has 0 aliphatic heterocycles. The molecule has 0 atom stereocenters. The Morgan fingerprint density at radius 2 is 1.48 bits per heavy atom. The van der Waals surface area contributed by atoms with Crippen LogP contribution in [0.2, 0.25) is 10.3 Å². The number of hydrogen-bond acceptors (Lipinski definition) is 9. The van der Waals surface area contributed by atoms with Crippen molar-refractivity contribution >= 4 is 40.6 Å². The molecule has 0 radical (unpaired) electrons. The van der Waals surface area contributed by atoms with Crippen molar-refractivity contribution in [3.63, 3.8) is 0 Å². The van der Waals surface area contributed by atoms with Gasteiger partial charge in [-0.3, -0.25) is 36.0 Å². The molecule has 0 fully saturated rings. The molecule has 14 nitrogen and oxygen atoms in total. The summed E-state index contributed by atoms with van der Waals surface area (Å²) in [5.74, 6) is 0. The maximum absolute atomic E-state index is 10.4. The Hall–Kier alpha value is -3.33. The number of nitro groups is 2. The van der Waals surface area contributed by atoms with Crippen LogP contribution in [0.5, 0.6) is 0 Å². The largest absolute Gasteiger partial charge is 0.402 e. The van der Waals surface area contributed by atoms with Crippen LogP contribution in [0, 0.1) is 34.1 Å². The zero-order valence-corrected chi connectivity index (χ0v) is 16.4. The van der Waals surface area contributed by atoms with Crippen molar-refractivity contribution in [1.82, 2.24) is 4.98 Å². The molecule has 0 unspecified atom stereocenters. The highest BCUT2D eigenvalue weighted by molar-refractivity contribution is 6.31. The van der Waals surface area contributed by atoms with Crippen LogP contribution < -0.4 is 16.2 Å². The normalized spacial score (nSPS) is 8.76. The van der Waals surface area contributed by atoms with E-state index >= 15 is 0 Å². The topological polar surface area (TPSA) is 233 Å². The number of hydrogen-bond donors (Lipinski definition) is 5. The summed E-state index contributed by atoms with van der Waals surface area (Å²) in [6.45, 7) is 3.16. The van der Waals surface area contributed by atoms with Gasteiger partial charge in [0, 0.05) is 39.7 Å². The van der Waals surface area contributed by atoms with E-state index in [4.69, 9.17) is 43.7 Å². The fourth-order valence-electron chi connectivity index (χ4n) is 1.55. The lowest BCUT2D eigenvalue weighted by molar-refractivity contribution is -0.903. The number of nitrogens with zero attached hydrogens (tertiary/aromatic N) is 4. The fraction of sp³-hybridized carbons (Fsp3) is 0.154. The molecule has 2 aromatic heterocycles. The van der Waals surface area contributed by atoms with Crippen LogP contribution in [-0.4, -0.2) is 36.6 Å². The Labute approximate surface area is 172 Å². The number of aromatic nitrogens is 2. The summed E-state index contributed by atoms with van der Waals surface area (Å²) >= 11 is 10.9. The van der Waals surface area contributed by atoms with Gasteiger partial charge in [-0.05, 0) is 19.9 Å². The number of carbonyl (C=O) groups excluding carboxylic acids is 1. The lowest BCUT2D eigenvalue weighted by atomic mass is 10.2. The molecule has 0 saturated carbocycles. The van der Waals surface area contributed by atoms with Gasteiger partial charge in [-0.1, -0.05) is 11.6 Å². The van der Waals surface area contributed by atoms with Gasteiger partial charge in [0.25, 0.3) is 0 Å². The second kappa shape index (κ2) is 13.8. The number of primary amides is 2. The third kappa shape index (κ3) is 9.96. The summed E-state index contributed by atoms with van der Waals surface area (Å²) in [6, 6.07) is 2.12. The maximum atomic E-state index is 10.4. The molecule has 0 aliphatic rings. The van der Waals surface area contributed by atoms with Crippen LogP contribution in [0.15, 0.2) is 24.5 Å². The highest BCUT2D eigenvalue weighted by Gasteiger charge is 2.26. The van der Waals surface area contributed by atoms with E-state index in [1.807, 2.05) is 0 Å². The van der Waals surface area contributed by atoms with E-state index in [2.05, 4.69) is 16.5 Å². The Morgan fingerprint density at radius 3 is 1.79 bits per heavy atom. The van der Waals surface area contributed by atoms with E-state index < -0.39 is 15.9 Å². The maximum Gasteiger partial charge on any atom is 0.402 e. The molecule has 7 N–H and O–H groups in total. The van der Waals surface area contributed by atoms with E-state index in [0.717, 1.165) is 0 Å². The number of urea groups is 1. The third-order valence-corrected chi connectivity index (χ3v) is 3.31. The second-order valence-electron chi connectivity index (χ2n) is 4.67. The lowest BCUT2D eigenvalue weighted by Crippen LogP contribution is -2.31. The van der Waals surface area contributed by atoms with Gasteiger partial charge in [0.1, 0.15) is 0 Å². The second-order valence-corrected chi connectivity index (χ2v) is 5.38. The minimum atomic E-state index is -0.833. The fourth-order valence-corrected chi connectivity index (χ4v) is 2.10. The monoisotopic (exact) mass is 455 g/mol. The average molecular weight is 456 g/mol. The molecule has 29 heavy (non-hydrogen) atoms. The zero-order chi connectivity index (χ0) is 23.3. The molecular formula is C13H17Cl2N6O8+. The smallest absolute Gasteiger partial charge is 0.352 e. The van der Waals surface area contributed by atoms with Crippen molar-refractivity contribution in [2.45, 2.75) is 13.8 Å². The first kappa shape index (κ1) is 27.9. The van der Waals surface area contributed by atoms with Crippen LogP contribution in [0.3, 0.4) is 0 Å². The van der Waals surface area contributed by atoms with Crippen LogP contribution in [0.4, 0.5) is 16.2 Å². The molecular weight excluding hydrogens is 439 g/mol. The van der Waals surface area contributed by atoms with E-state index in [-0.39, 0.29) is 21.7 Å². The van der Waals surface area contributed by atoms with Gasteiger partial charge in [-0.2, -0.15) is 0 Å². The molecule has 0 aliphatic carbocycles. The number of amides is 2. The van der Waals surface area contributed by atoms with Gasteiger partial charge < -0.3 is 11.5 Å². The number of carbonyl (C=O) groups is 1. The first-order chi connectivity index (χ1) is 13.4. The van der Waals surface area contributed by atoms with Crippen molar-refractivity contribution < 1.29 is 35.1 Å². The lowest BCUT2D eigenvalue weighted by Gasteiger charge is -1.95. The van der Waals surface area contributed by atoms with E-state index in [1.54, 1.807) is 19.9 Å². The van der Waals surface area contributed by atoms with Gasteiger partial charge in [0.05, 0.1) is 9.85 Å². The molecule has 2 aromatic rings. The van der Waals surface area contributed by atoms with Crippen LogP contribution >= 0.6 is 23.2 Å². The summed E-state index contributed by atoms with van der Waals surface area (Å²) in [5, 5.41) is 41.3. The molecule has 0 bridgehead atoms. The van der Waals surface area contributed by atoms with Gasteiger partial charge in [0.2, 0.25) is 11.3 Å². The predicted molar refractivity (Wildman–Crippen MR) is 99.9 cm³/mol. The van der Waals surface area contributed by atoms with Crippen molar-refractivity contribution in [2.24, 2.45) is 11.5 Å². The summed E-state index contributed by atoms with van der Waals surface area (Å²) < 4.78 is 0.507. The van der Waals surface area contributed by atoms with E-state index in [9.17, 15) is 20.2 Å². The molecule has 2 rings (SSSR count). The summed E-state index contributed by atoms with van der Waals surface area (Å²) in [7, 11) is 0. The average Bonchev–Trinajstić information content (AvgIpc) is 2.60. The minimum absolute atomic E-state index is 0.0602. The molecule has 2 heterocycles. The Bertz CT molecular complexity index is 843. The molecule has 16 heteroatoms. The van der Waals surface area contributed by atoms with Crippen LogP contribution in [0.25, 0.3) is 0 Å². The zero-order valence-electron chi connectivity index (χ0n) is 14.9. The van der Waals surface area contributed by atoms with Crippen molar-refractivity contribution in [3.05, 3.63) is 66.2 Å². The Balaban J connectivity index is 0. The third-order valence-electron chi connectivity index (χ3n) is 2.68. The number of pyridine rings is 2. The number of aryl methyl sites for hydroxylation is 2. The molecule has 160 valence electrons. The van der Waals surface area contributed by atoms with Crippen LogP contribution in [-0.2, 0) is 0 Å².